The van der Waals surface area contributed by atoms with Crippen LogP contribution in [0, 0.1) is 13.8 Å². The van der Waals surface area contributed by atoms with Gasteiger partial charge in [0.05, 0.1) is 10.2 Å². The summed E-state index contributed by atoms with van der Waals surface area (Å²) in [6.07, 6.45) is 0.759. The van der Waals surface area contributed by atoms with Crippen LogP contribution in [0.4, 0.5) is 0 Å². The Kier molecular flexibility index (Phi) is 6.35. The van der Waals surface area contributed by atoms with Crippen LogP contribution in [0.3, 0.4) is 0 Å². The molecule has 0 spiro atoms. The summed E-state index contributed by atoms with van der Waals surface area (Å²) in [5.74, 6) is 0.910. The maximum Gasteiger partial charge on any atom is 0.284 e. The Labute approximate surface area is 174 Å². The van der Waals surface area contributed by atoms with Crippen LogP contribution < -0.4 is 4.74 Å². The molecule has 0 bridgehead atoms. The molecule has 0 aliphatic heterocycles. The van der Waals surface area contributed by atoms with E-state index < -0.39 is 0 Å². The SMILES string of the molecule is Cc1nn(C(=O)COc2ccc(C(C)C)cc2Br)c(C)c1Cc1ccccc1. The van der Waals surface area contributed by atoms with Crippen molar-refractivity contribution in [3.8, 4) is 5.75 Å². The number of rotatable bonds is 6. The molecule has 0 saturated heterocycles. The number of hydrogen-bond donors (Lipinski definition) is 0. The molecule has 1 heterocycles. The van der Waals surface area contributed by atoms with E-state index in [1.165, 1.54) is 15.8 Å². The lowest BCUT2D eigenvalue weighted by Gasteiger charge is -2.11. The number of aryl methyl sites for hydroxylation is 1. The smallest absolute Gasteiger partial charge is 0.284 e. The Balaban J connectivity index is 1.72. The number of aromatic nitrogens is 2. The Morgan fingerprint density at radius 1 is 1.14 bits per heavy atom. The van der Waals surface area contributed by atoms with Gasteiger partial charge in [0, 0.05) is 17.7 Å². The van der Waals surface area contributed by atoms with Crippen molar-refractivity contribution in [2.24, 2.45) is 0 Å². The number of nitrogens with zero attached hydrogens (tertiary/aromatic N) is 2. The highest BCUT2D eigenvalue weighted by Gasteiger charge is 2.18. The molecule has 3 rings (SSSR count). The Hall–Kier alpha value is -2.40. The summed E-state index contributed by atoms with van der Waals surface area (Å²) in [5, 5.41) is 4.45. The maximum atomic E-state index is 12.7. The van der Waals surface area contributed by atoms with Gasteiger partial charge >= 0.3 is 0 Å². The minimum absolute atomic E-state index is 0.0631. The summed E-state index contributed by atoms with van der Waals surface area (Å²) >= 11 is 3.53. The molecular formula is C23H25BrN2O2. The quantitative estimate of drug-likeness (QED) is 0.493. The van der Waals surface area contributed by atoms with Crippen LogP contribution in [0.15, 0.2) is 53.0 Å². The van der Waals surface area contributed by atoms with Crippen molar-refractivity contribution in [3.05, 3.63) is 81.1 Å². The van der Waals surface area contributed by atoms with Crippen molar-refractivity contribution in [2.75, 3.05) is 6.61 Å². The molecule has 5 heteroatoms. The van der Waals surface area contributed by atoms with E-state index in [9.17, 15) is 4.79 Å². The first-order chi connectivity index (χ1) is 13.4. The summed E-state index contributed by atoms with van der Waals surface area (Å²) in [6.45, 7) is 8.09. The van der Waals surface area contributed by atoms with Gasteiger partial charge in [-0.15, -0.1) is 0 Å². The number of benzene rings is 2. The fourth-order valence-electron chi connectivity index (χ4n) is 3.17. The molecular weight excluding hydrogens is 416 g/mol. The molecule has 0 saturated carbocycles. The molecule has 146 valence electrons. The third kappa shape index (κ3) is 4.53. The predicted octanol–water partition coefficient (Wildman–Crippen LogP) is 5.70. The van der Waals surface area contributed by atoms with E-state index in [0.717, 1.165) is 27.8 Å². The first-order valence-electron chi connectivity index (χ1n) is 9.41. The van der Waals surface area contributed by atoms with Gasteiger partial charge in [0.1, 0.15) is 5.75 Å². The second-order valence-electron chi connectivity index (χ2n) is 7.25. The van der Waals surface area contributed by atoms with E-state index in [4.69, 9.17) is 4.74 Å². The molecule has 0 aliphatic carbocycles. The highest BCUT2D eigenvalue weighted by molar-refractivity contribution is 9.10. The number of halogens is 1. The first kappa shape index (κ1) is 20.3. The fourth-order valence-corrected chi connectivity index (χ4v) is 3.68. The highest BCUT2D eigenvalue weighted by Crippen LogP contribution is 2.29. The van der Waals surface area contributed by atoms with Gasteiger partial charge in [0.2, 0.25) is 0 Å². The standard InChI is InChI=1S/C23H25BrN2O2/c1-15(2)19-10-11-22(21(24)13-19)28-14-23(27)26-17(4)20(16(3)25-26)12-18-8-6-5-7-9-18/h5-11,13,15H,12,14H2,1-4H3. The van der Waals surface area contributed by atoms with E-state index in [1.54, 1.807) is 0 Å². The number of ether oxygens (including phenoxy) is 1. The van der Waals surface area contributed by atoms with Crippen molar-refractivity contribution >= 4 is 21.8 Å². The van der Waals surface area contributed by atoms with Gasteiger partial charge < -0.3 is 4.74 Å². The van der Waals surface area contributed by atoms with Crippen LogP contribution in [0.2, 0.25) is 0 Å². The second kappa shape index (κ2) is 8.74. The summed E-state index contributed by atoms with van der Waals surface area (Å²) in [5.41, 5.74) is 5.24. The maximum absolute atomic E-state index is 12.7. The number of carbonyl (C=O) groups excluding carboxylic acids is 1. The zero-order chi connectivity index (χ0) is 20.3. The highest BCUT2D eigenvalue weighted by atomic mass is 79.9. The van der Waals surface area contributed by atoms with Gasteiger partial charge in [-0.25, -0.2) is 4.68 Å². The third-order valence-corrected chi connectivity index (χ3v) is 5.49. The average molecular weight is 441 g/mol. The van der Waals surface area contributed by atoms with Crippen LogP contribution in [0.25, 0.3) is 0 Å². The molecule has 3 aromatic rings. The zero-order valence-corrected chi connectivity index (χ0v) is 18.3. The normalized spacial score (nSPS) is 11.1. The summed E-state index contributed by atoms with van der Waals surface area (Å²) < 4.78 is 8.07. The lowest BCUT2D eigenvalue weighted by molar-refractivity contribution is 0.0817. The molecule has 0 atom stereocenters. The minimum atomic E-state index is -0.181. The van der Waals surface area contributed by atoms with Crippen molar-refractivity contribution in [3.63, 3.8) is 0 Å². The Morgan fingerprint density at radius 2 is 1.86 bits per heavy atom. The zero-order valence-electron chi connectivity index (χ0n) is 16.7. The summed E-state index contributed by atoms with van der Waals surface area (Å²) in [7, 11) is 0. The van der Waals surface area contributed by atoms with E-state index in [-0.39, 0.29) is 12.5 Å². The molecule has 2 aromatic carbocycles. The van der Waals surface area contributed by atoms with E-state index in [2.05, 4.69) is 47.0 Å². The molecule has 0 N–H and O–H groups in total. The van der Waals surface area contributed by atoms with Crippen molar-refractivity contribution in [2.45, 2.75) is 40.0 Å². The van der Waals surface area contributed by atoms with Crippen molar-refractivity contribution in [1.29, 1.82) is 0 Å². The van der Waals surface area contributed by atoms with E-state index >= 15 is 0 Å². The molecule has 28 heavy (non-hydrogen) atoms. The summed E-state index contributed by atoms with van der Waals surface area (Å²) in [6, 6.07) is 16.2. The van der Waals surface area contributed by atoms with Crippen LogP contribution >= 0.6 is 15.9 Å². The van der Waals surface area contributed by atoms with Crippen LogP contribution in [0.5, 0.6) is 5.75 Å². The molecule has 4 nitrogen and oxygen atoms in total. The fraction of sp³-hybridized carbons (Fsp3) is 0.304. The van der Waals surface area contributed by atoms with E-state index in [0.29, 0.717) is 11.7 Å². The molecule has 0 aliphatic rings. The second-order valence-corrected chi connectivity index (χ2v) is 8.10. The predicted molar refractivity (Wildman–Crippen MR) is 115 cm³/mol. The summed E-state index contributed by atoms with van der Waals surface area (Å²) in [4.78, 5) is 12.7. The van der Waals surface area contributed by atoms with Gasteiger partial charge in [-0.1, -0.05) is 50.2 Å². The number of carbonyl (C=O) groups is 1. The van der Waals surface area contributed by atoms with Gasteiger partial charge in [-0.3, -0.25) is 4.79 Å². The van der Waals surface area contributed by atoms with Crippen molar-refractivity contribution in [1.82, 2.24) is 9.78 Å². The van der Waals surface area contributed by atoms with Gasteiger partial charge in [-0.05, 0) is 59.0 Å². The third-order valence-electron chi connectivity index (χ3n) is 4.87. The molecule has 1 aromatic heterocycles. The minimum Gasteiger partial charge on any atom is -0.483 e. The van der Waals surface area contributed by atoms with Crippen molar-refractivity contribution < 1.29 is 9.53 Å². The lowest BCUT2D eigenvalue weighted by Crippen LogP contribution is -2.22. The van der Waals surface area contributed by atoms with Gasteiger partial charge in [0.15, 0.2) is 6.61 Å². The van der Waals surface area contributed by atoms with Crippen LogP contribution in [0.1, 0.15) is 52.6 Å². The van der Waals surface area contributed by atoms with Gasteiger partial charge in [0.25, 0.3) is 5.91 Å². The Bertz CT molecular complexity index is 978. The first-order valence-corrected chi connectivity index (χ1v) is 10.2. The number of hydrogen-bond acceptors (Lipinski definition) is 3. The Morgan fingerprint density at radius 3 is 2.50 bits per heavy atom. The molecule has 0 radical (unpaired) electrons. The van der Waals surface area contributed by atoms with Crippen LogP contribution in [-0.2, 0) is 6.42 Å². The lowest BCUT2D eigenvalue weighted by atomic mass is 10.0. The topological polar surface area (TPSA) is 44.1 Å². The largest absolute Gasteiger partial charge is 0.483 e. The average Bonchev–Trinajstić information content (AvgIpc) is 2.96. The van der Waals surface area contributed by atoms with Gasteiger partial charge in [-0.2, -0.15) is 5.10 Å². The molecule has 0 fully saturated rings. The van der Waals surface area contributed by atoms with Crippen LogP contribution in [-0.4, -0.2) is 22.3 Å². The van der Waals surface area contributed by atoms with E-state index in [1.807, 2.05) is 50.2 Å². The molecule has 0 unspecified atom stereocenters. The monoisotopic (exact) mass is 440 g/mol. The molecule has 0 amide bonds.